The second-order valence-corrected chi connectivity index (χ2v) is 5.08. The van der Waals surface area contributed by atoms with Crippen LogP contribution < -0.4 is 11.1 Å². The lowest BCUT2D eigenvalue weighted by Gasteiger charge is -2.20. The van der Waals surface area contributed by atoms with Crippen LogP contribution in [0.15, 0.2) is 24.4 Å². The molecule has 1 heterocycles. The molecule has 0 bridgehead atoms. The topological polar surface area (TPSA) is 77.2 Å². The fraction of sp³-hybridized carbons (Fsp3) is 0.538. The number of carbonyl (C=O) groups is 1. The highest BCUT2D eigenvalue weighted by atomic mass is 16.6. The molecule has 5 heteroatoms. The van der Waals surface area contributed by atoms with E-state index in [0.717, 1.165) is 5.69 Å². The minimum atomic E-state index is -0.479. The highest BCUT2D eigenvalue weighted by molar-refractivity contribution is 5.67. The number of nitrogens with two attached hydrogens (primary N) is 1. The van der Waals surface area contributed by atoms with E-state index in [1.54, 1.807) is 6.20 Å². The van der Waals surface area contributed by atoms with Gasteiger partial charge in [0.15, 0.2) is 0 Å². The Morgan fingerprint density at radius 2 is 2.22 bits per heavy atom. The Labute approximate surface area is 108 Å². The highest BCUT2D eigenvalue weighted by Gasteiger charge is 2.16. The number of pyridine rings is 1. The molecule has 100 valence electrons. The van der Waals surface area contributed by atoms with Crippen LogP contribution in [0.1, 0.15) is 38.9 Å². The molecule has 0 aliphatic heterocycles. The molecule has 0 spiro atoms. The molecule has 1 aromatic rings. The summed E-state index contributed by atoms with van der Waals surface area (Å²) in [6, 6.07) is 5.43. The van der Waals surface area contributed by atoms with Crippen LogP contribution in [0.4, 0.5) is 4.79 Å². The van der Waals surface area contributed by atoms with Gasteiger partial charge in [-0.15, -0.1) is 0 Å². The monoisotopic (exact) mass is 251 g/mol. The summed E-state index contributed by atoms with van der Waals surface area (Å²) in [4.78, 5) is 15.6. The molecule has 5 nitrogen and oxygen atoms in total. The number of amides is 1. The molecule has 0 radical (unpaired) electrons. The first-order valence-corrected chi connectivity index (χ1v) is 6.02. The number of alkyl carbamates (subject to hydrolysis) is 1. The van der Waals surface area contributed by atoms with E-state index in [2.05, 4.69) is 10.3 Å². The number of rotatable bonds is 4. The Balaban J connectivity index is 2.28. The van der Waals surface area contributed by atoms with Gasteiger partial charge in [-0.25, -0.2) is 4.79 Å². The zero-order valence-corrected chi connectivity index (χ0v) is 11.1. The van der Waals surface area contributed by atoms with Crippen molar-refractivity contribution < 1.29 is 9.53 Å². The maximum Gasteiger partial charge on any atom is 0.407 e. The van der Waals surface area contributed by atoms with E-state index in [9.17, 15) is 4.79 Å². The Hall–Kier alpha value is -1.62. The first kappa shape index (κ1) is 14.4. The van der Waals surface area contributed by atoms with Gasteiger partial charge in [0.1, 0.15) is 5.60 Å². The molecule has 0 aliphatic rings. The van der Waals surface area contributed by atoms with E-state index in [0.29, 0.717) is 13.0 Å². The number of nitrogens with zero attached hydrogens (tertiary/aromatic N) is 1. The fourth-order valence-electron chi connectivity index (χ4n) is 1.39. The second kappa shape index (κ2) is 6.35. The van der Waals surface area contributed by atoms with Crippen LogP contribution >= 0.6 is 0 Å². The molecule has 3 N–H and O–H groups in total. The molecule has 0 aromatic carbocycles. The van der Waals surface area contributed by atoms with Crippen molar-refractivity contribution >= 4 is 6.09 Å². The molecule has 0 saturated heterocycles. The van der Waals surface area contributed by atoms with E-state index in [1.807, 2.05) is 39.0 Å². The average Bonchev–Trinajstić information content (AvgIpc) is 2.27. The maximum absolute atomic E-state index is 11.4. The third-order valence-electron chi connectivity index (χ3n) is 2.19. The minimum absolute atomic E-state index is 0.180. The smallest absolute Gasteiger partial charge is 0.407 e. The van der Waals surface area contributed by atoms with Crippen molar-refractivity contribution in [2.75, 3.05) is 6.54 Å². The van der Waals surface area contributed by atoms with Gasteiger partial charge in [-0.2, -0.15) is 0 Å². The molecule has 1 unspecified atom stereocenters. The lowest BCUT2D eigenvalue weighted by Crippen LogP contribution is -2.34. The molecule has 18 heavy (non-hydrogen) atoms. The zero-order chi connectivity index (χ0) is 13.6. The van der Waals surface area contributed by atoms with Crippen LogP contribution in [0.3, 0.4) is 0 Å². The molecular formula is C13H21N3O2. The third kappa shape index (κ3) is 5.63. The summed E-state index contributed by atoms with van der Waals surface area (Å²) in [7, 11) is 0. The van der Waals surface area contributed by atoms with Gasteiger partial charge in [-0.3, -0.25) is 4.98 Å². The average molecular weight is 251 g/mol. The Bertz CT molecular complexity index is 374. The summed E-state index contributed by atoms with van der Waals surface area (Å²) in [6.45, 7) is 5.94. The summed E-state index contributed by atoms with van der Waals surface area (Å²) >= 11 is 0. The molecule has 0 fully saturated rings. The highest BCUT2D eigenvalue weighted by Crippen LogP contribution is 2.10. The predicted molar refractivity (Wildman–Crippen MR) is 70.0 cm³/mol. The summed E-state index contributed by atoms with van der Waals surface area (Å²) in [5, 5.41) is 2.67. The lowest BCUT2D eigenvalue weighted by molar-refractivity contribution is 0.0526. The Morgan fingerprint density at radius 1 is 1.50 bits per heavy atom. The van der Waals surface area contributed by atoms with Gasteiger partial charge in [0.2, 0.25) is 0 Å². The van der Waals surface area contributed by atoms with Gasteiger partial charge in [-0.1, -0.05) is 6.07 Å². The SMILES string of the molecule is CC(C)(C)OC(=O)NCCC(N)c1ccccn1. The van der Waals surface area contributed by atoms with E-state index < -0.39 is 11.7 Å². The van der Waals surface area contributed by atoms with Crippen molar-refractivity contribution in [3.8, 4) is 0 Å². The van der Waals surface area contributed by atoms with Crippen LogP contribution in [0, 0.1) is 0 Å². The molecule has 1 atom stereocenters. The number of carbonyl (C=O) groups excluding carboxylic acids is 1. The van der Waals surface area contributed by atoms with Crippen molar-refractivity contribution in [2.24, 2.45) is 5.73 Å². The molecule has 0 saturated carbocycles. The largest absolute Gasteiger partial charge is 0.444 e. The van der Waals surface area contributed by atoms with Crippen LogP contribution in [0.5, 0.6) is 0 Å². The molecular weight excluding hydrogens is 230 g/mol. The van der Waals surface area contributed by atoms with Crippen LogP contribution in [0.2, 0.25) is 0 Å². The van der Waals surface area contributed by atoms with Gasteiger partial charge >= 0.3 is 6.09 Å². The Morgan fingerprint density at radius 3 is 2.78 bits per heavy atom. The van der Waals surface area contributed by atoms with Crippen LogP contribution in [-0.4, -0.2) is 23.2 Å². The maximum atomic E-state index is 11.4. The summed E-state index contributed by atoms with van der Waals surface area (Å²) < 4.78 is 5.12. The zero-order valence-electron chi connectivity index (χ0n) is 11.1. The number of ether oxygens (including phenoxy) is 1. The van der Waals surface area contributed by atoms with Gasteiger partial charge < -0.3 is 15.8 Å². The molecule has 1 aromatic heterocycles. The van der Waals surface area contributed by atoms with Gasteiger partial charge in [0.25, 0.3) is 0 Å². The van der Waals surface area contributed by atoms with Crippen LogP contribution in [0.25, 0.3) is 0 Å². The van der Waals surface area contributed by atoms with E-state index >= 15 is 0 Å². The third-order valence-corrected chi connectivity index (χ3v) is 2.19. The summed E-state index contributed by atoms with van der Waals surface area (Å²) in [6.07, 6.45) is 1.91. The number of nitrogens with one attached hydrogen (secondary N) is 1. The number of aromatic nitrogens is 1. The van der Waals surface area contributed by atoms with Crippen molar-refractivity contribution in [2.45, 2.75) is 38.8 Å². The van der Waals surface area contributed by atoms with Crippen molar-refractivity contribution in [3.63, 3.8) is 0 Å². The van der Waals surface area contributed by atoms with Gasteiger partial charge in [0, 0.05) is 18.8 Å². The van der Waals surface area contributed by atoms with Crippen LogP contribution in [-0.2, 0) is 4.74 Å². The first-order valence-electron chi connectivity index (χ1n) is 6.02. The molecule has 0 aliphatic carbocycles. The van der Waals surface area contributed by atoms with Crippen molar-refractivity contribution in [1.82, 2.24) is 10.3 Å². The number of hydrogen-bond donors (Lipinski definition) is 2. The molecule has 1 rings (SSSR count). The predicted octanol–water partition coefficient (Wildman–Crippen LogP) is 2.00. The Kier molecular flexibility index (Phi) is 5.09. The normalized spacial score (nSPS) is 12.9. The standard InChI is InChI=1S/C13H21N3O2/c1-13(2,3)18-12(17)16-9-7-10(14)11-6-4-5-8-15-11/h4-6,8,10H,7,9,14H2,1-3H3,(H,16,17). The minimum Gasteiger partial charge on any atom is -0.444 e. The van der Waals surface area contributed by atoms with Gasteiger partial charge in [0.05, 0.1) is 5.69 Å². The second-order valence-electron chi connectivity index (χ2n) is 5.08. The van der Waals surface area contributed by atoms with Gasteiger partial charge in [-0.05, 0) is 39.3 Å². The van der Waals surface area contributed by atoms with Crippen molar-refractivity contribution in [1.29, 1.82) is 0 Å². The number of hydrogen-bond acceptors (Lipinski definition) is 4. The van der Waals surface area contributed by atoms with Crippen molar-refractivity contribution in [3.05, 3.63) is 30.1 Å². The lowest BCUT2D eigenvalue weighted by atomic mass is 10.1. The van der Waals surface area contributed by atoms with E-state index in [4.69, 9.17) is 10.5 Å². The molecule has 1 amide bonds. The first-order chi connectivity index (χ1) is 8.38. The van der Waals surface area contributed by atoms with E-state index in [-0.39, 0.29) is 6.04 Å². The summed E-state index contributed by atoms with van der Waals surface area (Å²) in [5.74, 6) is 0. The summed E-state index contributed by atoms with van der Waals surface area (Å²) in [5.41, 5.74) is 6.30. The quantitative estimate of drug-likeness (QED) is 0.858. The van der Waals surface area contributed by atoms with E-state index in [1.165, 1.54) is 0 Å². The fourth-order valence-corrected chi connectivity index (χ4v) is 1.39.